The molecule has 144 valence electrons. The lowest BCUT2D eigenvalue weighted by molar-refractivity contribution is -0.387. The second kappa shape index (κ2) is 8.35. The SMILES string of the molecule is C[C@@H](CO)Nc1nc(Nc2ccc(F)c([N+](=O)[O-])c2)cc(-c2cccnc2)n1. The topological polar surface area (TPSA) is 126 Å². The van der Waals surface area contributed by atoms with Gasteiger partial charge in [0.2, 0.25) is 11.8 Å². The molecule has 1 atom stereocenters. The van der Waals surface area contributed by atoms with Crippen LogP contribution in [-0.4, -0.2) is 37.6 Å². The number of hydrogen-bond donors (Lipinski definition) is 3. The molecule has 0 aliphatic heterocycles. The van der Waals surface area contributed by atoms with E-state index in [1.54, 1.807) is 31.5 Å². The summed E-state index contributed by atoms with van der Waals surface area (Å²) in [6, 6.07) is 8.40. The van der Waals surface area contributed by atoms with E-state index < -0.39 is 16.4 Å². The van der Waals surface area contributed by atoms with E-state index in [0.29, 0.717) is 17.2 Å². The second-order valence-corrected chi connectivity index (χ2v) is 5.98. The molecule has 0 radical (unpaired) electrons. The van der Waals surface area contributed by atoms with Crippen molar-refractivity contribution in [3.63, 3.8) is 0 Å². The van der Waals surface area contributed by atoms with Gasteiger partial charge in [-0.25, -0.2) is 4.98 Å². The molecule has 2 aromatic heterocycles. The lowest BCUT2D eigenvalue weighted by Gasteiger charge is -2.14. The van der Waals surface area contributed by atoms with E-state index >= 15 is 0 Å². The molecule has 2 heterocycles. The summed E-state index contributed by atoms with van der Waals surface area (Å²) in [6.07, 6.45) is 3.27. The Kier molecular flexibility index (Phi) is 5.70. The highest BCUT2D eigenvalue weighted by Crippen LogP contribution is 2.26. The van der Waals surface area contributed by atoms with Crippen molar-refractivity contribution < 1.29 is 14.4 Å². The molecule has 0 bridgehead atoms. The van der Waals surface area contributed by atoms with Crippen LogP contribution >= 0.6 is 0 Å². The van der Waals surface area contributed by atoms with Crippen LogP contribution in [0.2, 0.25) is 0 Å². The maximum absolute atomic E-state index is 13.6. The first-order chi connectivity index (χ1) is 13.5. The van der Waals surface area contributed by atoms with Crippen LogP contribution in [0.4, 0.5) is 27.5 Å². The molecule has 28 heavy (non-hydrogen) atoms. The first kappa shape index (κ1) is 19.1. The molecule has 0 unspecified atom stereocenters. The predicted molar refractivity (Wildman–Crippen MR) is 102 cm³/mol. The molecule has 9 nitrogen and oxygen atoms in total. The zero-order chi connectivity index (χ0) is 20.1. The fraction of sp³-hybridized carbons (Fsp3) is 0.167. The zero-order valence-corrected chi connectivity index (χ0v) is 14.8. The summed E-state index contributed by atoms with van der Waals surface area (Å²) >= 11 is 0. The Morgan fingerprint density at radius 2 is 2.11 bits per heavy atom. The Morgan fingerprint density at radius 1 is 1.29 bits per heavy atom. The van der Waals surface area contributed by atoms with Gasteiger partial charge in [0.25, 0.3) is 0 Å². The molecule has 0 amide bonds. The molecule has 1 aromatic carbocycles. The van der Waals surface area contributed by atoms with Gasteiger partial charge in [-0.15, -0.1) is 0 Å². The summed E-state index contributed by atoms with van der Waals surface area (Å²) in [4.78, 5) is 22.9. The number of nitro benzene ring substituents is 1. The summed E-state index contributed by atoms with van der Waals surface area (Å²) in [6.45, 7) is 1.64. The molecule has 3 rings (SSSR count). The van der Waals surface area contributed by atoms with Crippen molar-refractivity contribution in [3.8, 4) is 11.3 Å². The van der Waals surface area contributed by atoms with Gasteiger partial charge in [-0.1, -0.05) is 0 Å². The van der Waals surface area contributed by atoms with Gasteiger partial charge >= 0.3 is 5.69 Å². The Bertz CT molecular complexity index is 986. The highest BCUT2D eigenvalue weighted by atomic mass is 19.1. The number of aliphatic hydroxyl groups excluding tert-OH is 1. The third-order valence-electron chi connectivity index (χ3n) is 3.75. The Balaban J connectivity index is 1.98. The number of nitro groups is 1. The number of nitrogens with zero attached hydrogens (tertiary/aromatic N) is 4. The minimum Gasteiger partial charge on any atom is -0.394 e. The van der Waals surface area contributed by atoms with Gasteiger partial charge in [0, 0.05) is 41.8 Å². The first-order valence-electron chi connectivity index (χ1n) is 8.34. The van der Waals surface area contributed by atoms with Crippen molar-refractivity contribution in [1.82, 2.24) is 15.0 Å². The third-order valence-corrected chi connectivity index (χ3v) is 3.75. The van der Waals surface area contributed by atoms with Gasteiger partial charge in [0.15, 0.2) is 0 Å². The number of aromatic nitrogens is 3. The van der Waals surface area contributed by atoms with Crippen molar-refractivity contribution in [3.05, 3.63) is 64.7 Å². The van der Waals surface area contributed by atoms with Gasteiger partial charge < -0.3 is 15.7 Å². The minimum atomic E-state index is -0.923. The smallest absolute Gasteiger partial charge is 0.306 e. The summed E-state index contributed by atoms with van der Waals surface area (Å²) in [5, 5.41) is 26.1. The summed E-state index contributed by atoms with van der Waals surface area (Å²) < 4.78 is 13.6. The van der Waals surface area contributed by atoms with Crippen molar-refractivity contribution in [1.29, 1.82) is 0 Å². The van der Waals surface area contributed by atoms with Gasteiger partial charge in [0.05, 0.1) is 17.2 Å². The lowest BCUT2D eigenvalue weighted by atomic mass is 10.2. The average Bonchev–Trinajstić information content (AvgIpc) is 2.69. The first-order valence-corrected chi connectivity index (χ1v) is 8.34. The molecule has 0 saturated carbocycles. The lowest BCUT2D eigenvalue weighted by Crippen LogP contribution is -2.21. The number of halogens is 1. The second-order valence-electron chi connectivity index (χ2n) is 5.98. The molecule has 0 saturated heterocycles. The third kappa shape index (κ3) is 4.54. The molecule has 3 N–H and O–H groups in total. The highest BCUT2D eigenvalue weighted by Gasteiger charge is 2.15. The average molecular weight is 384 g/mol. The monoisotopic (exact) mass is 384 g/mol. The van der Waals surface area contributed by atoms with Crippen LogP contribution in [0.25, 0.3) is 11.3 Å². The van der Waals surface area contributed by atoms with E-state index in [-0.39, 0.29) is 18.6 Å². The quantitative estimate of drug-likeness (QED) is 0.419. The molecule has 0 spiro atoms. The van der Waals surface area contributed by atoms with E-state index in [1.165, 1.54) is 6.07 Å². The van der Waals surface area contributed by atoms with E-state index in [2.05, 4.69) is 25.6 Å². The van der Waals surface area contributed by atoms with Crippen molar-refractivity contribution in [2.75, 3.05) is 17.2 Å². The maximum atomic E-state index is 13.6. The normalized spacial score (nSPS) is 11.7. The van der Waals surface area contributed by atoms with E-state index in [9.17, 15) is 19.6 Å². The van der Waals surface area contributed by atoms with Crippen LogP contribution in [0, 0.1) is 15.9 Å². The number of benzene rings is 1. The van der Waals surface area contributed by atoms with Crippen LogP contribution in [0.15, 0.2) is 48.8 Å². The molecule has 3 aromatic rings. The predicted octanol–water partition coefficient (Wildman–Crippen LogP) is 3.12. The van der Waals surface area contributed by atoms with Gasteiger partial charge in [0.1, 0.15) is 5.82 Å². The maximum Gasteiger partial charge on any atom is 0.306 e. The summed E-state index contributed by atoms with van der Waals surface area (Å²) in [5.74, 6) is -0.335. The zero-order valence-electron chi connectivity index (χ0n) is 14.8. The van der Waals surface area contributed by atoms with Gasteiger partial charge in [-0.2, -0.15) is 9.37 Å². The largest absolute Gasteiger partial charge is 0.394 e. The van der Waals surface area contributed by atoms with Crippen molar-refractivity contribution >= 4 is 23.1 Å². The Hall–Kier alpha value is -3.66. The molecule has 0 aliphatic rings. The summed E-state index contributed by atoms with van der Waals surface area (Å²) in [7, 11) is 0. The van der Waals surface area contributed by atoms with Crippen molar-refractivity contribution in [2.45, 2.75) is 13.0 Å². The number of hydrogen-bond acceptors (Lipinski definition) is 8. The van der Waals surface area contributed by atoms with Gasteiger partial charge in [-0.05, 0) is 31.2 Å². The fourth-order valence-electron chi connectivity index (χ4n) is 2.38. The number of pyridine rings is 1. The van der Waals surface area contributed by atoms with Crippen LogP contribution in [0.5, 0.6) is 0 Å². The molecular weight excluding hydrogens is 367 g/mol. The number of aliphatic hydroxyl groups is 1. The Morgan fingerprint density at radius 3 is 2.79 bits per heavy atom. The number of anilines is 3. The minimum absolute atomic E-state index is 0.118. The number of rotatable bonds is 7. The van der Waals surface area contributed by atoms with Crippen molar-refractivity contribution in [2.24, 2.45) is 0 Å². The Labute approximate surface area is 159 Å². The fourth-order valence-corrected chi connectivity index (χ4v) is 2.38. The number of nitrogens with one attached hydrogen (secondary N) is 2. The molecule has 10 heteroatoms. The molecule has 0 aliphatic carbocycles. The van der Waals surface area contributed by atoms with E-state index in [4.69, 9.17) is 0 Å². The van der Waals surface area contributed by atoms with Crippen LogP contribution in [-0.2, 0) is 0 Å². The molecular formula is C18H17FN6O3. The van der Waals surface area contributed by atoms with Crippen LogP contribution in [0.3, 0.4) is 0 Å². The van der Waals surface area contributed by atoms with Gasteiger partial charge in [-0.3, -0.25) is 15.1 Å². The standard InChI is InChI=1S/C18H17FN6O3/c1-11(10-26)21-18-23-15(12-3-2-6-20-9-12)8-17(24-18)22-13-4-5-14(19)16(7-13)25(27)28/h2-9,11,26H,10H2,1H3,(H2,21,22,23,24)/t11-/m0/s1. The van der Waals surface area contributed by atoms with E-state index in [1.807, 2.05) is 6.07 Å². The van der Waals surface area contributed by atoms with E-state index in [0.717, 1.165) is 17.7 Å². The van der Waals surface area contributed by atoms with Crippen LogP contribution < -0.4 is 10.6 Å². The molecule has 0 fully saturated rings. The highest BCUT2D eigenvalue weighted by molar-refractivity contribution is 5.67. The summed E-state index contributed by atoms with van der Waals surface area (Å²) in [5.41, 5.74) is 0.941. The van der Waals surface area contributed by atoms with Crippen LogP contribution in [0.1, 0.15) is 6.92 Å².